The summed E-state index contributed by atoms with van der Waals surface area (Å²) in [5.41, 5.74) is 2.82. The van der Waals surface area contributed by atoms with Crippen molar-refractivity contribution >= 4 is 45.3 Å². The smallest absolute Gasteiger partial charge is 0.336 e. The maximum atomic E-state index is 11.0. The summed E-state index contributed by atoms with van der Waals surface area (Å²) in [4.78, 5) is 11.7. The summed E-state index contributed by atoms with van der Waals surface area (Å²) < 4.78 is 0.868. The fourth-order valence-electron chi connectivity index (χ4n) is 1.02. The van der Waals surface area contributed by atoms with Crippen molar-refractivity contribution in [1.29, 1.82) is 0 Å². The summed E-state index contributed by atoms with van der Waals surface area (Å²) in [6.07, 6.45) is 0. The average molecular weight is 322 g/mol. The van der Waals surface area contributed by atoms with Crippen LogP contribution in [0, 0.1) is 0 Å². The average Bonchev–Trinajstić information content (AvgIpc) is 2.25. The molecule has 0 aliphatic carbocycles. The van der Waals surface area contributed by atoms with Gasteiger partial charge >= 0.3 is 5.97 Å². The summed E-state index contributed by atoms with van der Waals surface area (Å²) >= 11 is 10.3. The molecule has 5 heteroatoms. The van der Waals surface area contributed by atoms with Gasteiger partial charge in [0, 0.05) is 20.7 Å². The SMILES string of the molecule is C/C(=C/Cl)CSc1cc(Br)ccc1C(=O)O. The topological polar surface area (TPSA) is 37.3 Å². The first kappa shape index (κ1) is 13.6. The van der Waals surface area contributed by atoms with Gasteiger partial charge in [-0.3, -0.25) is 0 Å². The Hall–Kier alpha value is -0.450. The van der Waals surface area contributed by atoms with E-state index in [-0.39, 0.29) is 0 Å². The van der Waals surface area contributed by atoms with E-state index in [9.17, 15) is 4.79 Å². The van der Waals surface area contributed by atoms with Crippen LogP contribution in [0.3, 0.4) is 0 Å². The van der Waals surface area contributed by atoms with Crippen molar-refractivity contribution in [3.05, 3.63) is 39.3 Å². The fraction of sp³-hybridized carbons (Fsp3) is 0.182. The lowest BCUT2D eigenvalue weighted by Crippen LogP contribution is -1.99. The molecule has 0 aromatic heterocycles. The van der Waals surface area contributed by atoms with Gasteiger partial charge in [0.2, 0.25) is 0 Å². The van der Waals surface area contributed by atoms with Crippen LogP contribution in [-0.2, 0) is 0 Å². The zero-order valence-electron chi connectivity index (χ0n) is 8.54. The number of thioether (sulfide) groups is 1. The van der Waals surface area contributed by atoms with Crippen LogP contribution in [0.1, 0.15) is 17.3 Å². The van der Waals surface area contributed by atoms with Crippen LogP contribution in [-0.4, -0.2) is 16.8 Å². The van der Waals surface area contributed by atoms with Crippen molar-refractivity contribution in [3.8, 4) is 0 Å². The molecule has 1 aromatic carbocycles. The molecule has 0 amide bonds. The van der Waals surface area contributed by atoms with Gasteiger partial charge in [-0.2, -0.15) is 0 Å². The second-order valence-corrected chi connectivity index (χ2v) is 5.34. The predicted molar refractivity (Wildman–Crippen MR) is 71.4 cm³/mol. The lowest BCUT2D eigenvalue weighted by molar-refractivity contribution is 0.0693. The van der Waals surface area contributed by atoms with Gasteiger partial charge in [-0.15, -0.1) is 11.8 Å². The number of benzene rings is 1. The first-order chi connectivity index (χ1) is 7.54. The highest BCUT2D eigenvalue weighted by molar-refractivity contribution is 9.10. The Balaban J connectivity index is 2.92. The van der Waals surface area contributed by atoms with Crippen molar-refractivity contribution in [2.45, 2.75) is 11.8 Å². The molecule has 0 bridgehead atoms. The molecule has 1 rings (SSSR count). The molecule has 0 atom stereocenters. The van der Waals surface area contributed by atoms with Crippen LogP contribution in [0.4, 0.5) is 0 Å². The molecule has 0 saturated carbocycles. The highest BCUT2D eigenvalue weighted by atomic mass is 79.9. The van der Waals surface area contributed by atoms with E-state index in [4.69, 9.17) is 16.7 Å². The first-order valence-electron chi connectivity index (χ1n) is 4.46. The Labute approximate surface area is 112 Å². The van der Waals surface area contributed by atoms with E-state index in [1.54, 1.807) is 18.2 Å². The van der Waals surface area contributed by atoms with Crippen molar-refractivity contribution in [1.82, 2.24) is 0 Å². The van der Waals surface area contributed by atoms with Crippen LogP contribution < -0.4 is 0 Å². The molecular formula is C11H10BrClO2S. The van der Waals surface area contributed by atoms with Gasteiger partial charge in [-0.05, 0) is 25.1 Å². The molecule has 0 heterocycles. The third-order valence-corrected chi connectivity index (χ3v) is 3.93. The summed E-state index contributed by atoms with van der Waals surface area (Å²) in [6.45, 7) is 1.90. The number of hydrogen-bond acceptors (Lipinski definition) is 2. The molecule has 0 saturated heterocycles. The summed E-state index contributed by atoms with van der Waals surface area (Å²) in [5, 5.41) is 9.01. The Morgan fingerprint density at radius 3 is 2.88 bits per heavy atom. The Bertz CT molecular complexity index is 432. The van der Waals surface area contributed by atoms with Crippen LogP contribution in [0.15, 0.2) is 38.7 Å². The lowest BCUT2D eigenvalue weighted by atomic mass is 10.2. The first-order valence-corrected chi connectivity index (χ1v) is 6.67. The zero-order valence-corrected chi connectivity index (χ0v) is 11.7. The number of aromatic carboxylic acids is 1. The Morgan fingerprint density at radius 2 is 2.31 bits per heavy atom. The maximum absolute atomic E-state index is 11.0. The van der Waals surface area contributed by atoms with Crippen LogP contribution in [0.25, 0.3) is 0 Å². The van der Waals surface area contributed by atoms with Crippen molar-refractivity contribution in [3.63, 3.8) is 0 Å². The van der Waals surface area contributed by atoms with E-state index in [2.05, 4.69) is 15.9 Å². The standard InChI is InChI=1S/C11H10BrClO2S/c1-7(5-13)6-16-10-4-8(12)2-3-9(10)11(14)15/h2-5H,6H2,1H3,(H,14,15)/b7-5-. The van der Waals surface area contributed by atoms with Gasteiger partial charge in [0.25, 0.3) is 0 Å². The third-order valence-electron chi connectivity index (χ3n) is 1.82. The van der Waals surface area contributed by atoms with Gasteiger partial charge < -0.3 is 5.11 Å². The minimum absolute atomic E-state index is 0.315. The van der Waals surface area contributed by atoms with Gasteiger partial charge in [0.1, 0.15) is 0 Å². The van der Waals surface area contributed by atoms with E-state index in [0.717, 1.165) is 14.9 Å². The predicted octanol–water partition coefficient (Wildman–Crippen LogP) is 4.38. The highest BCUT2D eigenvalue weighted by Gasteiger charge is 2.10. The molecule has 0 aliphatic rings. The Kier molecular flexibility index (Phi) is 5.38. The third kappa shape index (κ3) is 3.85. The van der Waals surface area contributed by atoms with Crippen LogP contribution in [0.5, 0.6) is 0 Å². The molecule has 1 N–H and O–H groups in total. The molecule has 0 fully saturated rings. The molecular weight excluding hydrogens is 312 g/mol. The van der Waals surface area contributed by atoms with E-state index in [1.165, 1.54) is 17.3 Å². The Morgan fingerprint density at radius 1 is 1.62 bits per heavy atom. The number of carbonyl (C=O) groups is 1. The number of carboxylic acids is 1. The number of hydrogen-bond donors (Lipinski definition) is 1. The van der Waals surface area contributed by atoms with Crippen LogP contribution in [0.2, 0.25) is 0 Å². The van der Waals surface area contributed by atoms with E-state index in [0.29, 0.717) is 11.3 Å². The molecule has 0 spiro atoms. The zero-order chi connectivity index (χ0) is 12.1. The van der Waals surface area contributed by atoms with Crippen LogP contribution >= 0.6 is 39.3 Å². The van der Waals surface area contributed by atoms with E-state index >= 15 is 0 Å². The second-order valence-electron chi connectivity index (χ2n) is 3.19. The lowest BCUT2D eigenvalue weighted by Gasteiger charge is -2.06. The molecule has 16 heavy (non-hydrogen) atoms. The van der Waals surface area contributed by atoms with Gasteiger partial charge in [0.05, 0.1) is 5.56 Å². The van der Waals surface area contributed by atoms with Gasteiger partial charge in [-0.25, -0.2) is 4.79 Å². The minimum atomic E-state index is -0.914. The minimum Gasteiger partial charge on any atom is -0.478 e. The van der Waals surface area contributed by atoms with Gasteiger partial charge in [-0.1, -0.05) is 33.1 Å². The van der Waals surface area contributed by atoms with Crippen molar-refractivity contribution < 1.29 is 9.90 Å². The fourth-order valence-corrected chi connectivity index (χ4v) is 2.68. The second kappa shape index (κ2) is 6.33. The largest absolute Gasteiger partial charge is 0.478 e. The molecule has 0 aliphatic heterocycles. The quantitative estimate of drug-likeness (QED) is 0.836. The monoisotopic (exact) mass is 320 g/mol. The summed E-state index contributed by atoms with van der Waals surface area (Å²) in [5.74, 6) is -0.234. The van der Waals surface area contributed by atoms with Crippen molar-refractivity contribution in [2.75, 3.05) is 5.75 Å². The molecule has 0 radical (unpaired) electrons. The summed E-state index contributed by atoms with van der Waals surface area (Å²) in [6, 6.07) is 5.11. The molecule has 2 nitrogen and oxygen atoms in total. The maximum Gasteiger partial charge on any atom is 0.336 e. The normalized spacial score (nSPS) is 11.6. The number of rotatable bonds is 4. The summed E-state index contributed by atoms with van der Waals surface area (Å²) in [7, 11) is 0. The van der Waals surface area contributed by atoms with E-state index < -0.39 is 5.97 Å². The highest BCUT2D eigenvalue weighted by Crippen LogP contribution is 2.28. The number of carboxylic acid groups (broad SMARTS) is 1. The number of halogens is 2. The molecule has 1 aromatic rings. The van der Waals surface area contributed by atoms with E-state index in [1.807, 2.05) is 6.92 Å². The molecule has 86 valence electrons. The van der Waals surface area contributed by atoms with Crippen molar-refractivity contribution in [2.24, 2.45) is 0 Å². The van der Waals surface area contributed by atoms with Gasteiger partial charge in [0.15, 0.2) is 0 Å². The molecule has 0 unspecified atom stereocenters.